The normalized spacial score (nSPS) is 12.0. The lowest BCUT2D eigenvalue weighted by Gasteiger charge is -2.18. The Hall–Kier alpha value is -1.59. The van der Waals surface area contributed by atoms with Gasteiger partial charge >= 0.3 is 17.9 Å². The topological polar surface area (TPSA) is 78.9 Å². The molecule has 6 nitrogen and oxygen atoms in total. The van der Waals surface area contributed by atoms with E-state index in [2.05, 4.69) is 34.6 Å². The predicted octanol–water partition coefficient (Wildman–Crippen LogP) is 23.2. The van der Waals surface area contributed by atoms with Gasteiger partial charge in [-0.15, -0.1) is 0 Å². The number of hydrogen-bond acceptors (Lipinski definition) is 6. The second-order valence-corrected chi connectivity index (χ2v) is 24.8. The molecule has 0 fully saturated rings. The molecule has 6 heteroatoms. The minimum Gasteiger partial charge on any atom is -0.462 e. The first kappa shape index (κ1) is 73.4. The van der Waals surface area contributed by atoms with Crippen molar-refractivity contribution < 1.29 is 28.6 Å². The number of carbonyl (C=O) groups is 3. The van der Waals surface area contributed by atoms with Crippen LogP contribution in [0.2, 0.25) is 0 Å². The Balaban J connectivity index is 4.27. The van der Waals surface area contributed by atoms with Crippen molar-refractivity contribution in [3.63, 3.8) is 0 Å². The van der Waals surface area contributed by atoms with E-state index in [0.717, 1.165) is 69.6 Å². The molecule has 0 rings (SSSR count). The van der Waals surface area contributed by atoms with E-state index in [1.165, 1.54) is 283 Å². The summed E-state index contributed by atoms with van der Waals surface area (Å²) in [5.74, 6) is 0.887. The van der Waals surface area contributed by atoms with E-state index in [-0.39, 0.29) is 31.1 Å². The first-order chi connectivity index (χ1) is 36.7. The van der Waals surface area contributed by atoms with Gasteiger partial charge in [0.05, 0.1) is 0 Å². The first-order valence-corrected chi connectivity index (χ1v) is 34.2. The van der Waals surface area contributed by atoms with Crippen LogP contribution in [0.1, 0.15) is 394 Å². The zero-order valence-corrected chi connectivity index (χ0v) is 51.7. The molecule has 0 bridgehead atoms. The smallest absolute Gasteiger partial charge is 0.306 e. The summed E-state index contributed by atoms with van der Waals surface area (Å²) in [7, 11) is 0. The van der Waals surface area contributed by atoms with Gasteiger partial charge in [-0.25, -0.2) is 0 Å². The molecule has 0 unspecified atom stereocenters. The van der Waals surface area contributed by atoms with E-state index < -0.39 is 6.10 Å². The monoisotopic (exact) mass is 1060 g/mol. The van der Waals surface area contributed by atoms with Gasteiger partial charge in [-0.3, -0.25) is 14.4 Å². The van der Waals surface area contributed by atoms with Gasteiger partial charge in [0, 0.05) is 19.3 Å². The number of hydrogen-bond donors (Lipinski definition) is 0. The van der Waals surface area contributed by atoms with Gasteiger partial charge in [0.15, 0.2) is 6.10 Å². The second kappa shape index (κ2) is 61.6. The van der Waals surface area contributed by atoms with E-state index in [9.17, 15) is 14.4 Å². The van der Waals surface area contributed by atoms with Gasteiger partial charge in [0.1, 0.15) is 13.2 Å². The Morgan fingerprint density at radius 1 is 0.253 bits per heavy atom. The highest BCUT2D eigenvalue weighted by molar-refractivity contribution is 5.71. The highest BCUT2D eigenvalue weighted by Crippen LogP contribution is 2.20. The van der Waals surface area contributed by atoms with Crippen molar-refractivity contribution in [3.05, 3.63) is 0 Å². The van der Waals surface area contributed by atoms with E-state index in [1.807, 2.05) is 0 Å². The highest BCUT2D eigenvalue weighted by Gasteiger charge is 2.20. The van der Waals surface area contributed by atoms with Crippen LogP contribution in [0.25, 0.3) is 0 Å². The van der Waals surface area contributed by atoms with Gasteiger partial charge in [-0.05, 0) is 31.1 Å². The van der Waals surface area contributed by atoms with E-state index in [4.69, 9.17) is 14.2 Å². The second-order valence-electron chi connectivity index (χ2n) is 24.8. The molecule has 0 aromatic heterocycles. The van der Waals surface area contributed by atoms with Crippen LogP contribution >= 0.6 is 0 Å². The zero-order chi connectivity index (χ0) is 54.6. The van der Waals surface area contributed by atoms with Crippen LogP contribution in [0.15, 0.2) is 0 Å². The van der Waals surface area contributed by atoms with Gasteiger partial charge in [0.25, 0.3) is 0 Å². The van der Waals surface area contributed by atoms with Crippen molar-refractivity contribution in [1.82, 2.24) is 0 Å². The standard InChI is InChI=1S/C69H134O6/c1-6-7-8-9-10-11-12-13-14-17-26-31-36-41-46-51-56-61-69(72)75-66(63-74-68(71)60-55-50-45-40-35-30-25-21-20-23-28-33-38-43-48-53-58-65(4)5)62-73-67(70)59-54-49-44-39-34-29-24-19-16-15-18-22-27-32-37-42-47-52-57-64(2)3/h64-66H,6-63H2,1-5H3/t66-/m1/s1. The Kier molecular flexibility index (Phi) is 60.3. The quantitative estimate of drug-likeness (QED) is 0.0343. The fourth-order valence-corrected chi connectivity index (χ4v) is 10.8. The molecular formula is C69H134O6. The molecule has 75 heavy (non-hydrogen) atoms. The first-order valence-electron chi connectivity index (χ1n) is 34.2. The molecule has 0 spiro atoms. The molecule has 1 atom stereocenters. The summed E-state index contributed by atoms with van der Waals surface area (Å²) in [4.78, 5) is 38.4. The lowest BCUT2D eigenvalue weighted by molar-refractivity contribution is -0.167. The van der Waals surface area contributed by atoms with Crippen LogP contribution in [0, 0.1) is 11.8 Å². The third-order valence-corrected chi connectivity index (χ3v) is 16.0. The van der Waals surface area contributed by atoms with Gasteiger partial charge in [-0.2, -0.15) is 0 Å². The number of ether oxygens (including phenoxy) is 3. The summed E-state index contributed by atoms with van der Waals surface area (Å²) >= 11 is 0. The maximum Gasteiger partial charge on any atom is 0.306 e. The van der Waals surface area contributed by atoms with Crippen LogP contribution in [-0.2, 0) is 28.6 Å². The summed E-state index contributed by atoms with van der Waals surface area (Å²) in [6.07, 6.45) is 69.7. The minimum atomic E-state index is -0.764. The molecule has 0 aromatic rings. The zero-order valence-electron chi connectivity index (χ0n) is 51.7. The van der Waals surface area contributed by atoms with Crippen molar-refractivity contribution >= 4 is 17.9 Å². The Morgan fingerprint density at radius 2 is 0.440 bits per heavy atom. The molecular weight excluding hydrogens is 925 g/mol. The number of carbonyl (C=O) groups excluding carboxylic acids is 3. The molecule has 0 saturated carbocycles. The fraction of sp³-hybridized carbons (Fsp3) is 0.957. The summed E-state index contributed by atoms with van der Waals surface area (Å²) in [5, 5.41) is 0. The van der Waals surface area contributed by atoms with Crippen LogP contribution in [0.4, 0.5) is 0 Å². The van der Waals surface area contributed by atoms with E-state index in [1.54, 1.807) is 0 Å². The van der Waals surface area contributed by atoms with Crippen molar-refractivity contribution in [2.75, 3.05) is 13.2 Å². The fourth-order valence-electron chi connectivity index (χ4n) is 10.8. The molecule has 0 aliphatic carbocycles. The van der Waals surface area contributed by atoms with Crippen LogP contribution in [0.5, 0.6) is 0 Å². The Labute approximate surface area is 469 Å². The molecule has 0 aliphatic rings. The average Bonchev–Trinajstić information content (AvgIpc) is 3.39. The van der Waals surface area contributed by atoms with Crippen LogP contribution < -0.4 is 0 Å². The van der Waals surface area contributed by atoms with Crippen LogP contribution in [0.3, 0.4) is 0 Å². The molecule has 0 aromatic carbocycles. The van der Waals surface area contributed by atoms with Crippen molar-refractivity contribution in [3.8, 4) is 0 Å². The van der Waals surface area contributed by atoms with Gasteiger partial charge < -0.3 is 14.2 Å². The third kappa shape index (κ3) is 63.1. The van der Waals surface area contributed by atoms with Crippen molar-refractivity contribution in [2.24, 2.45) is 11.8 Å². The van der Waals surface area contributed by atoms with Crippen molar-refractivity contribution in [1.29, 1.82) is 0 Å². The summed E-state index contributed by atoms with van der Waals surface area (Å²) in [5.41, 5.74) is 0. The summed E-state index contributed by atoms with van der Waals surface area (Å²) in [6, 6.07) is 0. The lowest BCUT2D eigenvalue weighted by atomic mass is 10.0. The molecule has 0 radical (unpaired) electrons. The molecule has 0 saturated heterocycles. The number of unbranched alkanes of at least 4 members (excludes halogenated alkanes) is 48. The molecule has 0 aliphatic heterocycles. The minimum absolute atomic E-state index is 0.0613. The average molecular weight is 1060 g/mol. The summed E-state index contributed by atoms with van der Waals surface area (Å²) < 4.78 is 17.0. The SMILES string of the molecule is CCCCCCCCCCCCCCCCCCCC(=O)O[C@H](COC(=O)CCCCCCCCCCCCCCCCCCCCC(C)C)COC(=O)CCCCCCCCCCCCCCCCCCC(C)C. The van der Waals surface area contributed by atoms with E-state index >= 15 is 0 Å². The third-order valence-electron chi connectivity index (χ3n) is 16.0. The molecule has 446 valence electrons. The largest absolute Gasteiger partial charge is 0.462 e. The Bertz CT molecular complexity index is 1150. The van der Waals surface area contributed by atoms with Gasteiger partial charge in [-0.1, -0.05) is 356 Å². The van der Waals surface area contributed by atoms with Crippen molar-refractivity contribution in [2.45, 2.75) is 400 Å². The summed E-state index contributed by atoms with van der Waals surface area (Å²) in [6.45, 7) is 11.5. The maximum atomic E-state index is 12.9. The number of esters is 3. The lowest BCUT2D eigenvalue weighted by Crippen LogP contribution is -2.30. The van der Waals surface area contributed by atoms with Crippen LogP contribution in [-0.4, -0.2) is 37.2 Å². The molecule has 0 heterocycles. The Morgan fingerprint density at radius 3 is 0.653 bits per heavy atom. The highest BCUT2D eigenvalue weighted by atomic mass is 16.6. The number of rotatable bonds is 63. The van der Waals surface area contributed by atoms with Gasteiger partial charge in [0.2, 0.25) is 0 Å². The maximum absolute atomic E-state index is 12.9. The molecule has 0 N–H and O–H groups in total. The molecule has 0 amide bonds. The van der Waals surface area contributed by atoms with E-state index in [0.29, 0.717) is 19.3 Å². The predicted molar refractivity (Wildman–Crippen MR) is 326 cm³/mol.